The predicted octanol–water partition coefficient (Wildman–Crippen LogP) is 4.65. The number of halogens is 2. The monoisotopic (exact) mass is 372 g/mol. The van der Waals surface area contributed by atoms with Gasteiger partial charge in [-0.05, 0) is 29.8 Å². The van der Waals surface area contributed by atoms with E-state index < -0.39 is 5.91 Å². The van der Waals surface area contributed by atoms with Crippen molar-refractivity contribution in [3.8, 4) is 0 Å². The van der Waals surface area contributed by atoms with Crippen LogP contribution in [0, 0.1) is 0 Å². The maximum atomic E-state index is 12.3. The van der Waals surface area contributed by atoms with Crippen molar-refractivity contribution < 1.29 is 4.79 Å². The fourth-order valence-electron chi connectivity index (χ4n) is 2.13. The number of anilines is 2. The molecule has 0 unspecified atom stereocenters. The largest absolute Gasteiger partial charge is 0.365 e. The molecule has 0 spiro atoms. The number of amides is 1. The number of carbonyl (C=O) groups excluding carboxylic acids is 1. The average Bonchev–Trinajstić information content (AvgIpc) is 2.64. The Balaban J connectivity index is 1.64. The molecule has 7 heteroatoms. The molecule has 5 nitrogen and oxygen atoms in total. The summed E-state index contributed by atoms with van der Waals surface area (Å²) in [5.41, 5.74) is 1.64. The minimum absolute atomic E-state index is 0.168. The van der Waals surface area contributed by atoms with E-state index in [9.17, 15) is 4.79 Å². The predicted molar refractivity (Wildman–Crippen MR) is 100 cm³/mol. The van der Waals surface area contributed by atoms with E-state index in [1.807, 2.05) is 30.3 Å². The van der Waals surface area contributed by atoms with Gasteiger partial charge in [0.1, 0.15) is 5.82 Å². The van der Waals surface area contributed by atoms with Crippen LogP contribution in [0.2, 0.25) is 10.0 Å². The minimum atomic E-state index is -0.433. The van der Waals surface area contributed by atoms with E-state index in [1.54, 1.807) is 30.3 Å². The van der Waals surface area contributed by atoms with Crippen molar-refractivity contribution in [3.05, 3.63) is 82.0 Å². The first-order valence-electron chi connectivity index (χ1n) is 7.50. The number of nitrogens with zero attached hydrogens (tertiary/aromatic N) is 2. The van der Waals surface area contributed by atoms with Gasteiger partial charge in [-0.1, -0.05) is 59.6 Å². The number of rotatable bonds is 5. The fourth-order valence-corrected chi connectivity index (χ4v) is 2.62. The first-order chi connectivity index (χ1) is 12.1. The Morgan fingerprint density at radius 3 is 2.24 bits per heavy atom. The zero-order valence-corrected chi connectivity index (χ0v) is 14.6. The molecule has 0 aliphatic rings. The number of carbonyl (C=O) groups is 1. The molecule has 3 aromatic rings. The molecule has 1 heterocycles. The molecule has 0 bridgehead atoms. The molecule has 126 valence electrons. The number of aromatic nitrogens is 2. The lowest BCUT2D eigenvalue weighted by atomic mass is 10.2. The molecular formula is C18H14Cl2N4O. The highest BCUT2D eigenvalue weighted by atomic mass is 35.5. The zero-order chi connectivity index (χ0) is 17.6. The topological polar surface area (TPSA) is 66.9 Å². The molecule has 25 heavy (non-hydrogen) atoms. The van der Waals surface area contributed by atoms with Gasteiger partial charge in [-0.25, -0.2) is 0 Å². The molecule has 0 fully saturated rings. The van der Waals surface area contributed by atoms with E-state index in [-0.39, 0.29) is 5.69 Å². The SMILES string of the molecule is O=C(Nc1c(Cl)cccc1Cl)c1ccc(NCc2ccccc2)nn1. The summed E-state index contributed by atoms with van der Waals surface area (Å²) in [4.78, 5) is 12.3. The first kappa shape index (κ1) is 17.2. The Hall–Kier alpha value is -2.63. The molecule has 2 N–H and O–H groups in total. The second-order valence-electron chi connectivity index (χ2n) is 5.19. The van der Waals surface area contributed by atoms with Gasteiger partial charge in [0.25, 0.3) is 5.91 Å². The van der Waals surface area contributed by atoms with Crippen LogP contribution in [0.5, 0.6) is 0 Å². The van der Waals surface area contributed by atoms with E-state index in [0.717, 1.165) is 5.56 Å². The van der Waals surface area contributed by atoms with E-state index in [4.69, 9.17) is 23.2 Å². The van der Waals surface area contributed by atoms with Crippen molar-refractivity contribution in [2.24, 2.45) is 0 Å². The van der Waals surface area contributed by atoms with Crippen LogP contribution in [-0.4, -0.2) is 16.1 Å². The normalized spacial score (nSPS) is 10.3. The maximum absolute atomic E-state index is 12.3. The molecule has 0 saturated heterocycles. The van der Waals surface area contributed by atoms with Gasteiger partial charge >= 0.3 is 0 Å². The van der Waals surface area contributed by atoms with Crippen molar-refractivity contribution in [2.75, 3.05) is 10.6 Å². The van der Waals surface area contributed by atoms with Gasteiger partial charge < -0.3 is 10.6 Å². The van der Waals surface area contributed by atoms with Crippen LogP contribution < -0.4 is 10.6 Å². The van der Waals surface area contributed by atoms with Crippen LogP contribution in [0.15, 0.2) is 60.7 Å². The summed E-state index contributed by atoms with van der Waals surface area (Å²) in [7, 11) is 0. The van der Waals surface area contributed by atoms with Gasteiger partial charge in [-0.15, -0.1) is 10.2 Å². The van der Waals surface area contributed by atoms with Crippen LogP contribution in [-0.2, 0) is 6.54 Å². The summed E-state index contributed by atoms with van der Waals surface area (Å²) in [6, 6.07) is 18.2. The van der Waals surface area contributed by atoms with Gasteiger partial charge in [0.05, 0.1) is 15.7 Å². The number of hydrogen-bond acceptors (Lipinski definition) is 4. The van der Waals surface area contributed by atoms with Crippen molar-refractivity contribution in [3.63, 3.8) is 0 Å². The molecule has 0 atom stereocenters. The molecule has 0 aliphatic carbocycles. The molecular weight excluding hydrogens is 359 g/mol. The Morgan fingerprint density at radius 2 is 1.60 bits per heavy atom. The zero-order valence-electron chi connectivity index (χ0n) is 13.0. The van der Waals surface area contributed by atoms with Crippen LogP contribution in [0.3, 0.4) is 0 Å². The van der Waals surface area contributed by atoms with Crippen molar-refractivity contribution in [2.45, 2.75) is 6.54 Å². The minimum Gasteiger partial charge on any atom is -0.365 e. The Morgan fingerprint density at radius 1 is 0.880 bits per heavy atom. The van der Waals surface area contributed by atoms with E-state index in [0.29, 0.717) is 28.1 Å². The molecule has 0 saturated carbocycles. The van der Waals surface area contributed by atoms with Crippen LogP contribution >= 0.6 is 23.2 Å². The number of benzene rings is 2. The van der Waals surface area contributed by atoms with Gasteiger partial charge in [0.2, 0.25) is 0 Å². The second kappa shape index (κ2) is 7.96. The third kappa shape index (κ3) is 4.47. The summed E-state index contributed by atoms with van der Waals surface area (Å²) in [6.07, 6.45) is 0. The summed E-state index contributed by atoms with van der Waals surface area (Å²) in [5.74, 6) is 0.147. The number of para-hydroxylation sites is 1. The Bertz CT molecular complexity index is 850. The Labute approximate surface area is 155 Å². The van der Waals surface area contributed by atoms with Gasteiger partial charge in [0.15, 0.2) is 5.69 Å². The van der Waals surface area contributed by atoms with E-state index >= 15 is 0 Å². The van der Waals surface area contributed by atoms with Gasteiger partial charge in [0, 0.05) is 6.54 Å². The van der Waals surface area contributed by atoms with E-state index in [1.165, 1.54) is 0 Å². The lowest BCUT2D eigenvalue weighted by molar-refractivity contribution is 0.102. The summed E-state index contributed by atoms with van der Waals surface area (Å²) in [5, 5.41) is 14.5. The van der Waals surface area contributed by atoms with E-state index in [2.05, 4.69) is 20.8 Å². The van der Waals surface area contributed by atoms with Crippen molar-refractivity contribution in [1.82, 2.24) is 10.2 Å². The standard InChI is InChI=1S/C18H14Cl2N4O/c19-13-7-4-8-14(20)17(13)22-18(25)15-9-10-16(24-23-15)21-11-12-5-2-1-3-6-12/h1-10H,11H2,(H,21,24)(H,22,25). The first-order valence-corrected chi connectivity index (χ1v) is 8.26. The summed E-state index contributed by atoms with van der Waals surface area (Å²) >= 11 is 12.1. The maximum Gasteiger partial charge on any atom is 0.276 e. The fraction of sp³-hybridized carbons (Fsp3) is 0.0556. The molecule has 3 rings (SSSR count). The molecule has 1 amide bonds. The number of nitrogens with one attached hydrogen (secondary N) is 2. The average molecular weight is 373 g/mol. The summed E-state index contributed by atoms with van der Waals surface area (Å²) < 4.78 is 0. The third-order valence-electron chi connectivity index (χ3n) is 3.41. The molecule has 2 aromatic carbocycles. The van der Waals surface area contributed by atoms with Crippen molar-refractivity contribution >= 4 is 40.6 Å². The number of hydrogen-bond donors (Lipinski definition) is 2. The second-order valence-corrected chi connectivity index (χ2v) is 6.01. The smallest absolute Gasteiger partial charge is 0.276 e. The van der Waals surface area contributed by atoms with Crippen molar-refractivity contribution in [1.29, 1.82) is 0 Å². The third-order valence-corrected chi connectivity index (χ3v) is 4.04. The molecule has 1 aromatic heterocycles. The highest BCUT2D eigenvalue weighted by molar-refractivity contribution is 6.39. The van der Waals surface area contributed by atoms with Gasteiger partial charge in [-0.2, -0.15) is 0 Å². The molecule has 0 aliphatic heterocycles. The van der Waals surface area contributed by atoms with Crippen LogP contribution in [0.25, 0.3) is 0 Å². The highest BCUT2D eigenvalue weighted by Crippen LogP contribution is 2.30. The Kier molecular flexibility index (Phi) is 5.48. The highest BCUT2D eigenvalue weighted by Gasteiger charge is 2.13. The lowest BCUT2D eigenvalue weighted by Gasteiger charge is -2.09. The van der Waals surface area contributed by atoms with Gasteiger partial charge in [-0.3, -0.25) is 4.79 Å². The van der Waals surface area contributed by atoms with Crippen LogP contribution in [0.4, 0.5) is 11.5 Å². The summed E-state index contributed by atoms with van der Waals surface area (Å²) in [6.45, 7) is 0.621. The lowest BCUT2D eigenvalue weighted by Crippen LogP contribution is -2.15. The van der Waals surface area contributed by atoms with Crippen LogP contribution in [0.1, 0.15) is 16.1 Å². The quantitative estimate of drug-likeness (QED) is 0.683. The molecule has 0 radical (unpaired) electrons.